The number of carboxylic acids is 1. The molecule has 3 aromatic rings. The molecule has 12 heteroatoms. The second-order valence-corrected chi connectivity index (χ2v) is 12.6. The van der Waals surface area contributed by atoms with E-state index in [0.29, 0.717) is 45.1 Å². The van der Waals surface area contributed by atoms with Crippen molar-refractivity contribution in [1.29, 1.82) is 0 Å². The Bertz CT molecular complexity index is 1470. The van der Waals surface area contributed by atoms with E-state index in [2.05, 4.69) is 15.2 Å². The summed E-state index contributed by atoms with van der Waals surface area (Å²) in [6.07, 6.45) is 0.186. The number of carbonyl (C=O) groups is 3. The van der Waals surface area contributed by atoms with Crippen LogP contribution in [0.4, 0.5) is 5.13 Å². The fourth-order valence-corrected chi connectivity index (χ4v) is 6.38. The lowest BCUT2D eigenvalue weighted by Gasteiger charge is -2.19. The second kappa shape index (κ2) is 10.1. The fraction of sp³-hybridized carbons (Fsp3) is 0.407. The van der Waals surface area contributed by atoms with E-state index >= 15 is 0 Å². The van der Waals surface area contributed by atoms with Gasteiger partial charge >= 0.3 is 11.9 Å². The molecule has 1 aliphatic carbocycles. The highest BCUT2D eigenvalue weighted by Gasteiger charge is 2.57. The molecule has 9 nitrogen and oxygen atoms in total. The molecule has 206 valence electrons. The number of anilines is 1. The van der Waals surface area contributed by atoms with Crippen molar-refractivity contribution in [2.75, 3.05) is 18.0 Å². The van der Waals surface area contributed by atoms with Crippen LogP contribution < -0.4 is 10.2 Å². The highest BCUT2D eigenvalue weighted by atomic mass is 35.5. The quantitative estimate of drug-likeness (QED) is 0.323. The normalized spacial score (nSPS) is 20.1. The van der Waals surface area contributed by atoms with Gasteiger partial charge in [0.1, 0.15) is 16.2 Å². The molecule has 0 radical (unpaired) electrons. The maximum atomic E-state index is 13.1. The molecular formula is C27H28Cl2N4O5S. The summed E-state index contributed by atoms with van der Waals surface area (Å²) in [6.45, 7) is 8.47. The molecule has 2 aliphatic rings. The van der Waals surface area contributed by atoms with E-state index < -0.39 is 17.5 Å². The summed E-state index contributed by atoms with van der Waals surface area (Å²) in [5.41, 5.74) is 1.42. The molecule has 1 aromatic carbocycles. The number of piperidine rings is 1. The van der Waals surface area contributed by atoms with Crippen molar-refractivity contribution in [3.63, 3.8) is 0 Å². The summed E-state index contributed by atoms with van der Waals surface area (Å²) in [7, 11) is 0. The number of aromatic nitrogens is 2. The van der Waals surface area contributed by atoms with Gasteiger partial charge in [0.05, 0.1) is 21.3 Å². The third-order valence-corrected chi connectivity index (χ3v) is 9.00. The Kier molecular flexibility index (Phi) is 7.15. The smallest absolute Gasteiger partial charge is 0.350 e. The molecule has 0 bridgehead atoms. The third-order valence-electron chi connectivity index (χ3n) is 6.92. The number of hydrogen-bond acceptors (Lipinski definition) is 7. The zero-order valence-electron chi connectivity index (χ0n) is 21.8. The van der Waals surface area contributed by atoms with E-state index in [1.165, 1.54) is 17.4 Å². The molecule has 3 heterocycles. The molecule has 39 heavy (non-hydrogen) atoms. The number of benzene rings is 1. The molecular weight excluding hydrogens is 563 g/mol. The number of ether oxygens (including phenoxy) is 1. The number of carboxylic acid groups (broad SMARTS) is 1. The minimum atomic E-state index is -1.04. The number of thiazole rings is 1. The number of aromatic amines is 1. The van der Waals surface area contributed by atoms with Crippen molar-refractivity contribution >= 4 is 57.5 Å². The van der Waals surface area contributed by atoms with Crippen molar-refractivity contribution in [3.8, 4) is 0 Å². The van der Waals surface area contributed by atoms with Gasteiger partial charge in [-0.25, -0.2) is 14.6 Å². The number of nitrogens with zero attached hydrogens (tertiary/aromatic N) is 2. The van der Waals surface area contributed by atoms with E-state index in [1.807, 2.05) is 0 Å². The average Bonchev–Trinajstić information content (AvgIpc) is 3.21. The lowest BCUT2D eigenvalue weighted by molar-refractivity contribution is 0.00736. The molecule has 2 aromatic heterocycles. The van der Waals surface area contributed by atoms with Crippen molar-refractivity contribution < 1.29 is 24.2 Å². The molecule has 3 N–H and O–H groups in total. The number of fused-ring (bicyclic) bond motifs is 1. The molecule has 0 spiro atoms. The van der Waals surface area contributed by atoms with Gasteiger partial charge in [-0.1, -0.05) is 52.7 Å². The lowest BCUT2D eigenvalue weighted by Crippen LogP contribution is -2.34. The monoisotopic (exact) mass is 590 g/mol. The number of halogens is 2. The van der Waals surface area contributed by atoms with Crippen LogP contribution in [0.2, 0.25) is 10.0 Å². The number of aromatic carboxylic acids is 1. The minimum Gasteiger partial charge on any atom is -0.478 e. The van der Waals surface area contributed by atoms with E-state index in [4.69, 9.17) is 32.9 Å². The molecule has 5 rings (SSSR count). The Labute approximate surface area is 239 Å². The number of amides is 1. The first-order valence-electron chi connectivity index (χ1n) is 12.5. The molecule has 1 saturated heterocycles. The Morgan fingerprint density at radius 1 is 1.18 bits per heavy atom. The van der Waals surface area contributed by atoms with Crippen LogP contribution in [0.5, 0.6) is 0 Å². The molecule has 2 fully saturated rings. The van der Waals surface area contributed by atoms with Crippen LogP contribution in [0.25, 0.3) is 0 Å². The van der Waals surface area contributed by atoms with Gasteiger partial charge in [0.2, 0.25) is 0 Å². The second-order valence-electron chi connectivity index (χ2n) is 10.9. The van der Waals surface area contributed by atoms with Crippen LogP contribution >= 0.6 is 34.5 Å². The predicted molar refractivity (Wildman–Crippen MR) is 149 cm³/mol. The zero-order chi connectivity index (χ0) is 28.2. The first-order valence-corrected chi connectivity index (χ1v) is 14.0. The molecule has 1 saturated carbocycles. The third kappa shape index (κ3) is 5.50. The van der Waals surface area contributed by atoms with E-state index in [1.54, 1.807) is 45.9 Å². The van der Waals surface area contributed by atoms with Crippen LogP contribution in [0.15, 0.2) is 24.3 Å². The van der Waals surface area contributed by atoms with Gasteiger partial charge in [0.15, 0.2) is 5.13 Å². The Morgan fingerprint density at radius 2 is 1.85 bits per heavy atom. The first kappa shape index (κ1) is 27.5. The molecule has 3 atom stereocenters. The number of rotatable bonds is 7. The van der Waals surface area contributed by atoms with E-state index in [-0.39, 0.29) is 46.5 Å². The molecule has 1 aliphatic heterocycles. The van der Waals surface area contributed by atoms with Crippen molar-refractivity contribution in [2.24, 2.45) is 11.8 Å². The number of aryl methyl sites for hydroxylation is 1. The van der Waals surface area contributed by atoms with Crippen molar-refractivity contribution in [1.82, 2.24) is 15.3 Å². The molecule has 1 amide bonds. The minimum absolute atomic E-state index is 0.0133. The number of carbonyl (C=O) groups excluding carboxylic acids is 2. The van der Waals surface area contributed by atoms with Crippen LogP contribution in [-0.2, 0) is 11.2 Å². The van der Waals surface area contributed by atoms with Gasteiger partial charge < -0.3 is 25.0 Å². The van der Waals surface area contributed by atoms with Crippen LogP contribution in [0.3, 0.4) is 0 Å². The highest BCUT2D eigenvalue weighted by molar-refractivity contribution is 7.17. The van der Waals surface area contributed by atoms with E-state index in [9.17, 15) is 19.5 Å². The van der Waals surface area contributed by atoms with Gasteiger partial charge in [0, 0.05) is 43.1 Å². The summed E-state index contributed by atoms with van der Waals surface area (Å²) in [4.78, 5) is 47.8. The van der Waals surface area contributed by atoms with Crippen LogP contribution in [0, 0.1) is 18.8 Å². The Hall–Kier alpha value is -3.08. The number of H-pyrrole nitrogens is 1. The van der Waals surface area contributed by atoms with Gasteiger partial charge in [-0.2, -0.15) is 0 Å². The highest BCUT2D eigenvalue weighted by Crippen LogP contribution is 2.48. The summed E-state index contributed by atoms with van der Waals surface area (Å²) in [6, 6.07) is 6.71. The Balaban J connectivity index is 1.32. The first-order chi connectivity index (χ1) is 18.3. The van der Waals surface area contributed by atoms with Gasteiger partial charge in [-0.05, 0) is 39.3 Å². The zero-order valence-corrected chi connectivity index (χ0v) is 24.1. The van der Waals surface area contributed by atoms with Gasteiger partial charge in [-0.15, -0.1) is 0 Å². The SMILES string of the molecule is Cc1[nH]c(C(=O)NC2[C@H]3CN(c4nc(Cc5ccccc5C(=O)O)c(C(=O)OC(C)(C)C)s4)C[C@@H]23)c(Cl)c1Cl. The summed E-state index contributed by atoms with van der Waals surface area (Å²) >= 11 is 13.6. The largest absolute Gasteiger partial charge is 0.478 e. The summed E-state index contributed by atoms with van der Waals surface area (Å²) < 4.78 is 5.63. The summed E-state index contributed by atoms with van der Waals surface area (Å²) in [5.74, 6) is -1.33. The summed E-state index contributed by atoms with van der Waals surface area (Å²) in [5, 5.41) is 13.9. The Morgan fingerprint density at radius 3 is 2.44 bits per heavy atom. The van der Waals surface area contributed by atoms with Crippen LogP contribution in [0.1, 0.15) is 68.2 Å². The van der Waals surface area contributed by atoms with E-state index in [0.717, 1.165) is 0 Å². The van der Waals surface area contributed by atoms with Crippen molar-refractivity contribution in [2.45, 2.75) is 45.8 Å². The maximum absolute atomic E-state index is 13.1. The maximum Gasteiger partial charge on any atom is 0.350 e. The molecule has 1 unspecified atom stereocenters. The van der Waals surface area contributed by atoms with Crippen LogP contribution in [-0.4, -0.2) is 57.7 Å². The van der Waals surface area contributed by atoms with Gasteiger partial charge in [0.25, 0.3) is 5.91 Å². The number of hydrogen-bond donors (Lipinski definition) is 3. The standard InChI is InChI=1S/C27H28Cl2N4O5S/c1-12-18(28)19(29)21(30-12)23(34)32-20-15-10-33(11-16(15)20)26-31-17(22(39-26)25(37)38-27(2,3)4)9-13-7-5-6-8-14(13)24(35)36/h5-8,15-16,20,30H,9-11H2,1-4H3,(H,32,34)(H,35,36)/t15-,16+,20?. The number of nitrogens with one attached hydrogen (secondary N) is 2. The fourth-order valence-electron chi connectivity index (χ4n) is 4.99. The number of esters is 1. The van der Waals surface area contributed by atoms with Gasteiger partial charge in [-0.3, -0.25) is 4.79 Å². The average molecular weight is 592 g/mol. The lowest BCUT2D eigenvalue weighted by atomic mass is 10.0. The van der Waals surface area contributed by atoms with Crippen molar-refractivity contribution in [3.05, 3.63) is 67.4 Å². The predicted octanol–water partition coefficient (Wildman–Crippen LogP) is 5.20. The topological polar surface area (TPSA) is 125 Å².